The summed E-state index contributed by atoms with van der Waals surface area (Å²) in [6.07, 6.45) is -5.76. The molecule has 1 aliphatic rings. The van der Waals surface area contributed by atoms with Crippen molar-refractivity contribution < 1.29 is 27.8 Å². The first-order valence-corrected chi connectivity index (χ1v) is 8.95. The third kappa shape index (κ3) is 3.00. The number of anilines is 1. The van der Waals surface area contributed by atoms with Crippen molar-refractivity contribution in [3.63, 3.8) is 0 Å². The summed E-state index contributed by atoms with van der Waals surface area (Å²) < 4.78 is 48.5. The van der Waals surface area contributed by atoms with Gasteiger partial charge in [0.2, 0.25) is 0 Å². The standard InChI is InChI=1S/C20H16F3N3O4/c1-10(27)16-12(21)7-8-14-17(16)30-20(22,23)19(29)26(14)9-15-24-13-6-4-3-5-11(13)18(28)25(15)2/h3-8,10,27H,9H2,1-2H3/t10-/m0/s1. The highest BCUT2D eigenvalue weighted by Crippen LogP contribution is 2.45. The van der Waals surface area contributed by atoms with E-state index in [1.54, 1.807) is 24.3 Å². The molecule has 0 unspecified atom stereocenters. The van der Waals surface area contributed by atoms with Crippen molar-refractivity contribution in [3.05, 3.63) is 64.0 Å². The molecule has 2 heterocycles. The SMILES string of the molecule is C[C@H](O)c1c(F)ccc2c1OC(F)(F)C(=O)N2Cc1nc2ccccc2c(=O)n1C. The summed E-state index contributed by atoms with van der Waals surface area (Å²) in [4.78, 5) is 30.0. The fraction of sp³-hybridized carbons (Fsp3) is 0.250. The Balaban J connectivity index is 1.89. The van der Waals surface area contributed by atoms with Crippen molar-refractivity contribution >= 4 is 22.5 Å². The van der Waals surface area contributed by atoms with Crippen LogP contribution in [0.25, 0.3) is 10.9 Å². The second-order valence-electron chi connectivity index (χ2n) is 6.90. The van der Waals surface area contributed by atoms with Crippen molar-refractivity contribution in [2.24, 2.45) is 7.05 Å². The monoisotopic (exact) mass is 419 g/mol. The summed E-state index contributed by atoms with van der Waals surface area (Å²) in [5.74, 6) is -3.25. The summed E-state index contributed by atoms with van der Waals surface area (Å²) in [5.41, 5.74) is -0.727. The molecule has 0 radical (unpaired) electrons. The molecule has 0 aliphatic carbocycles. The van der Waals surface area contributed by atoms with Crippen molar-refractivity contribution in [2.75, 3.05) is 4.90 Å². The third-order valence-corrected chi connectivity index (χ3v) is 4.93. The number of para-hydroxylation sites is 1. The first-order valence-electron chi connectivity index (χ1n) is 8.95. The Bertz CT molecular complexity index is 1240. The van der Waals surface area contributed by atoms with Crippen molar-refractivity contribution in [2.45, 2.75) is 25.7 Å². The van der Waals surface area contributed by atoms with Gasteiger partial charge in [-0.15, -0.1) is 0 Å². The average Bonchev–Trinajstić information content (AvgIpc) is 2.68. The zero-order chi connectivity index (χ0) is 21.8. The molecule has 156 valence electrons. The Hall–Kier alpha value is -3.40. The van der Waals surface area contributed by atoms with Crippen LogP contribution >= 0.6 is 0 Å². The molecule has 0 bridgehead atoms. The van der Waals surface area contributed by atoms with E-state index in [4.69, 9.17) is 0 Å². The number of rotatable bonds is 3. The van der Waals surface area contributed by atoms with Gasteiger partial charge in [-0.3, -0.25) is 19.1 Å². The number of alkyl halides is 2. The lowest BCUT2D eigenvalue weighted by molar-refractivity contribution is -0.193. The highest BCUT2D eigenvalue weighted by Gasteiger charge is 2.52. The molecule has 1 aliphatic heterocycles. The summed E-state index contributed by atoms with van der Waals surface area (Å²) in [5, 5.41) is 10.2. The van der Waals surface area contributed by atoms with Crippen molar-refractivity contribution in [1.29, 1.82) is 0 Å². The van der Waals surface area contributed by atoms with E-state index in [1.807, 2.05) is 0 Å². The largest absolute Gasteiger partial charge is 0.483 e. The minimum absolute atomic E-state index is 0.0404. The number of hydrogen-bond acceptors (Lipinski definition) is 5. The average molecular weight is 419 g/mol. The minimum Gasteiger partial charge on any atom is -0.422 e. The molecule has 2 aromatic carbocycles. The molecule has 10 heteroatoms. The second-order valence-corrected chi connectivity index (χ2v) is 6.90. The van der Waals surface area contributed by atoms with Gasteiger partial charge in [0.15, 0.2) is 5.75 Å². The molecule has 1 N–H and O–H groups in total. The number of fused-ring (bicyclic) bond motifs is 2. The third-order valence-electron chi connectivity index (χ3n) is 4.93. The summed E-state index contributed by atoms with van der Waals surface area (Å²) in [6, 6.07) is 8.54. The highest BCUT2D eigenvalue weighted by molar-refractivity contribution is 6.01. The summed E-state index contributed by atoms with van der Waals surface area (Å²) >= 11 is 0. The molecule has 1 aromatic heterocycles. The first kappa shape index (κ1) is 19.9. The van der Waals surface area contributed by atoms with Gasteiger partial charge < -0.3 is 9.84 Å². The fourth-order valence-corrected chi connectivity index (χ4v) is 3.42. The molecule has 0 saturated heterocycles. The number of nitrogens with zero attached hydrogens (tertiary/aromatic N) is 3. The lowest BCUT2D eigenvalue weighted by Gasteiger charge is -2.35. The van der Waals surface area contributed by atoms with Gasteiger partial charge in [-0.2, -0.15) is 8.78 Å². The van der Waals surface area contributed by atoms with Crippen LogP contribution in [0.15, 0.2) is 41.2 Å². The molecule has 3 aromatic rings. The molecule has 0 spiro atoms. The number of carbonyl (C=O) groups excluding carboxylic acids is 1. The number of amides is 1. The molecule has 0 saturated carbocycles. The van der Waals surface area contributed by atoms with Crippen LogP contribution in [0.5, 0.6) is 5.75 Å². The molecule has 1 atom stereocenters. The Morgan fingerprint density at radius 2 is 1.90 bits per heavy atom. The van der Waals surface area contributed by atoms with Crippen LogP contribution in [0.2, 0.25) is 0 Å². The van der Waals surface area contributed by atoms with Gasteiger partial charge >= 0.3 is 12.0 Å². The Morgan fingerprint density at radius 1 is 1.20 bits per heavy atom. The molecule has 4 rings (SSSR count). The van der Waals surface area contributed by atoms with E-state index in [0.29, 0.717) is 15.8 Å². The van der Waals surface area contributed by atoms with E-state index < -0.39 is 47.4 Å². The minimum atomic E-state index is -4.29. The number of aliphatic hydroxyl groups is 1. The maximum Gasteiger partial charge on any atom is 0.483 e. The van der Waals surface area contributed by atoms with Crippen LogP contribution in [0.3, 0.4) is 0 Å². The van der Waals surface area contributed by atoms with E-state index >= 15 is 0 Å². The number of hydrogen-bond donors (Lipinski definition) is 1. The number of aliphatic hydroxyl groups excluding tert-OH is 1. The maximum atomic E-state index is 14.3. The number of benzene rings is 2. The number of halogens is 3. The van der Waals surface area contributed by atoms with Crippen LogP contribution in [-0.4, -0.2) is 26.7 Å². The number of ether oxygens (including phenoxy) is 1. The van der Waals surface area contributed by atoms with E-state index in [2.05, 4.69) is 9.72 Å². The smallest absolute Gasteiger partial charge is 0.422 e. The first-order chi connectivity index (χ1) is 14.1. The number of aromatic nitrogens is 2. The van der Waals surface area contributed by atoms with Gasteiger partial charge in [0.05, 0.1) is 34.8 Å². The van der Waals surface area contributed by atoms with Crippen LogP contribution in [0, 0.1) is 5.82 Å². The Kier molecular flexibility index (Phi) is 4.53. The van der Waals surface area contributed by atoms with Crippen molar-refractivity contribution in [1.82, 2.24) is 9.55 Å². The molecule has 0 fully saturated rings. The van der Waals surface area contributed by atoms with Crippen LogP contribution in [-0.2, 0) is 18.4 Å². The predicted octanol–water partition coefficient (Wildman–Crippen LogP) is 2.64. The lowest BCUT2D eigenvalue weighted by atomic mass is 10.0. The Labute approximate surface area is 167 Å². The van der Waals surface area contributed by atoms with Gasteiger partial charge in [0.25, 0.3) is 5.56 Å². The predicted molar refractivity (Wildman–Crippen MR) is 101 cm³/mol. The van der Waals surface area contributed by atoms with E-state index in [-0.39, 0.29) is 11.5 Å². The van der Waals surface area contributed by atoms with Crippen molar-refractivity contribution in [3.8, 4) is 5.75 Å². The summed E-state index contributed by atoms with van der Waals surface area (Å²) in [6.45, 7) is 0.696. The molecule has 30 heavy (non-hydrogen) atoms. The quantitative estimate of drug-likeness (QED) is 0.706. The zero-order valence-corrected chi connectivity index (χ0v) is 15.9. The maximum absolute atomic E-state index is 14.3. The fourth-order valence-electron chi connectivity index (χ4n) is 3.42. The normalized spacial score (nSPS) is 16.3. The highest BCUT2D eigenvalue weighted by atomic mass is 19.3. The van der Waals surface area contributed by atoms with Gasteiger partial charge in [-0.05, 0) is 31.2 Å². The lowest BCUT2D eigenvalue weighted by Crippen LogP contribution is -2.51. The van der Waals surface area contributed by atoms with Gasteiger partial charge in [-0.25, -0.2) is 9.37 Å². The Morgan fingerprint density at radius 3 is 2.60 bits per heavy atom. The van der Waals surface area contributed by atoms with Crippen LogP contribution in [0.4, 0.5) is 18.9 Å². The molecule has 7 nitrogen and oxygen atoms in total. The van der Waals surface area contributed by atoms with Crippen LogP contribution < -0.4 is 15.2 Å². The van der Waals surface area contributed by atoms with Crippen LogP contribution in [0.1, 0.15) is 24.4 Å². The molecular formula is C20H16F3N3O4. The summed E-state index contributed by atoms with van der Waals surface area (Å²) in [7, 11) is 1.41. The molecule has 1 amide bonds. The van der Waals surface area contributed by atoms with Gasteiger partial charge in [-0.1, -0.05) is 12.1 Å². The van der Waals surface area contributed by atoms with Gasteiger partial charge in [0.1, 0.15) is 11.6 Å². The van der Waals surface area contributed by atoms with E-state index in [0.717, 1.165) is 16.7 Å². The van der Waals surface area contributed by atoms with E-state index in [1.165, 1.54) is 14.0 Å². The molecular weight excluding hydrogens is 403 g/mol. The van der Waals surface area contributed by atoms with E-state index in [9.17, 15) is 27.9 Å². The second kappa shape index (κ2) is 6.84. The zero-order valence-electron chi connectivity index (χ0n) is 15.9. The topological polar surface area (TPSA) is 84.7 Å². The number of carbonyl (C=O) groups is 1. The van der Waals surface area contributed by atoms with Gasteiger partial charge in [0, 0.05) is 7.05 Å².